The summed E-state index contributed by atoms with van der Waals surface area (Å²) in [6.07, 6.45) is 0. The van der Waals surface area contributed by atoms with Gasteiger partial charge in [0.25, 0.3) is 0 Å². The van der Waals surface area contributed by atoms with Crippen molar-refractivity contribution in [1.82, 2.24) is 4.98 Å². The summed E-state index contributed by atoms with van der Waals surface area (Å²) in [5.74, 6) is 1.12. The van der Waals surface area contributed by atoms with Crippen molar-refractivity contribution in [1.29, 1.82) is 5.26 Å². The van der Waals surface area contributed by atoms with E-state index in [1.807, 2.05) is 72.8 Å². The SMILES string of the molecule is CC1(C)c2ccccc2-c2ccc(-c3ccc(C#N)c(-c4cc(COc5ccccc5N)cc(-c5nc6ccccc6o5)c4)c3)cc21. The molecule has 0 spiro atoms. The molecule has 0 unspecified atom stereocenters. The summed E-state index contributed by atoms with van der Waals surface area (Å²) in [5.41, 5.74) is 19.5. The predicted octanol–water partition coefficient (Wildman–Crippen LogP) is 10.2. The standard InChI is InChI=1S/C42H31N3O2/c1-42(2)35-10-4-3-9-32(35)33-18-17-28(23-36(33)42)27-15-16-29(24-43)34(22-27)30-19-26(25-46-39-13-7-5-11-37(39)44)20-31(21-30)41-45-38-12-6-8-14-40(38)47-41/h3-23H,25,44H2,1-2H3. The highest BCUT2D eigenvalue weighted by Crippen LogP contribution is 2.49. The number of fused-ring (bicyclic) bond motifs is 4. The summed E-state index contributed by atoms with van der Waals surface area (Å²) in [7, 11) is 0. The van der Waals surface area contributed by atoms with Gasteiger partial charge in [0.05, 0.1) is 17.3 Å². The lowest BCUT2D eigenvalue weighted by atomic mass is 9.81. The molecule has 6 aromatic carbocycles. The summed E-state index contributed by atoms with van der Waals surface area (Å²) in [6.45, 7) is 4.85. The van der Waals surface area contributed by atoms with E-state index in [-0.39, 0.29) is 12.0 Å². The number of oxazole rings is 1. The Bertz CT molecular complexity index is 2340. The number of benzene rings is 6. The fraction of sp³-hybridized carbons (Fsp3) is 0.0952. The molecule has 226 valence electrons. The highest BCUT2D eigenvalue weighted by atomic mass is 16.5. The Morgan fingerprint density at radius 2 is 1.43 bits per heavy atom. The topological polar surface area (TPSA) is 85.1 Å². The number of para-hydroxylation sites is 4. The Hall–Kier alpha value is -6.12. The molecule has 0 saturated carbocycles. The van der Waals surface area contributed by atoms with Crippen molar-refractivity contribution in [2.45, 2.75) is 25.9 Å². The van der Waals surface area contributed by atoms with Gasteiger partial charge in [-0.1, -0.05) is 80.6 Å². The van der Waals surface area contributed by atoms with E-state index in [0.29, 0.717) is 28.5 Å². The van der Waals surface area contributed by atoms with Gasteiger partial charge in [-0.25, -0.2) is 4.98 Å². The summed E-state index contributed by atoms with van der Waals surface area (Å²) in [5, 5.41) is 10.3. The third kappa shape index (κ3) is 4.92. The van der Waals surface area contributed by atoms with E-state index in [1.54, 1.807) is 0 Å². The number of rotatable bonds is 6. The Morgan fingerprint density at radius 3 is 2.28 bits per heavy atom. The maximum absolute atomic E-state index is 10.3. The van der Waals surface area contributed by atoms with Crippen molar-refractivity contribution in [3.05, 3.63) is 150 Å². The average molecular weight is 610 g/mol. The number of anilines is 1. The van der Waals surface area contributed by atoms with E-state index >= 15 is 0 Å². The summed E-state index contributed by atoms with van der Waals surface area (Å²) in [6, 6.07) is 45.1. The zero-order valence-electron chi connectivity index (χ0n) is 26.1. The number of nitrogens with two attached hydrogens (primary N) is 1. The average Bonchev–Trinajstić information content (AvgIpc) is 3.64. The summed E-state index contributed by atoms with van der Waals surface area (Å²) in [4.78, 5) is 4.77. The minimum Gasteiger partial charge on any atom is -0.487 e. The smallest absolute Gasteiger partial charge is 0.227 e. The minimum atomic E-state index is -0.109. The van der Waals surface area contributed by atoms with Crippen LogP contribution in [0.1, 0.15) is 36.1 Å². The molecular formula is C42H31N3O2. The number of ether oxygens (including phenoxy) is 1. The molecule has 0 amide bonds. The third-order valence-electron chi connectivity index (χ3n) is 9.21. The van der Waals surface area contributed by atoms with Crippen LogP contribution in [0.5, 0.6) is 5.75 Å². The first-order chi connectivity index (χ1) is 22.9. The first kappa shape index (κ1) is 28.4. The van der Waals surface area contributed by atoms with Gasteiger partial charge in [0.2, 0.25) is 5.89 Å². The van der Waals surface area contributed by atoms with Crippen molar-refractivity contribution < 1.29 is 9.15 Å². The van der Waals surface area contributed by atoms with Gasteiger partial charge in [0.1, 0.15) is 17.9 Å². The Labute approximate surface area is 273 Å². The van der Waals surface area contributed by atoms with E-state index in [2.05, 4.69) is 74.5 Å². The highest BCUT2D eigenvalue weighted by molar-refractivity contribution is 5.86. The van der Waals surface area contributed by atoms with Crippen LogP contribution in [-0.4, -0.2) is 4.98 Å². The van der Waals surface area contributed by atoms with E-state index in [1.165, 1.54) is 22.3 Å². The van der Waals surface area contributed by atoms with Gasteiger partial charge in [-0.05, 0) is 105 Å². The van der Waals surface area contributed by atoms with E-state index in [0.717, 1.165) is 38.9 Å². The molecule has 5 nitrogen and oxygen atoms in total. The molecular weight excluding hydrogens is 578 g/mol. The molecule has 0 fully saturated rings. The van der Waals surface area contributed by atoms with Crippen molar-refractivity contribution in [3.63, 3.8) is 0 Å². The van der Waals surface area contributed by atoms with Crippen LogP contribution < -0.4 is 10.5 Å². The number of aromatic nitrogens is 1. The largest absolute Gasteiger partial charge is 0.487 e. The van der Waals surface area contributed by atoms with Gasteiger partial charge in [-0.15, -0.1) is 0 Å². The fourth-order valence-electron chi connectivity index (χ4n) is 6.77. The zero-order chi connectivity index (χ0) is 32.1. The van der Waals surface area contributed by atoms with Crippen LogP contribution in [0.3, 0.4) is 0 Å². The van der Waals surface area contributed by atoms with Crippen LogP contribution in [0.25, 0.3) is 55.9 Å². The number of nitrogen functional groups attached to an aromatic ring is 1. The van der Waals surface area contributed by atoms with Crippen LogP contribution in [-0.2, 0) is 12.0 Å². The lowest BCUT2D eigenvalue weighted by Crippen LogP contribution is -2.14. The molecule has 0 saturated heterocycles. The molecule has 1 aliphatic rings. The lowest BCUT2D eigenvalue weighted by Gasteiger charge is -2.22. The number of nitrogens with zero attached hydrogens (tertiary/aromatic N) is 2. The zero-order valence-corrected chi connectivity index (χ0v) is 26.1. The van der Waals surface area contributed by atoms with Crippen LogP contribution in [0, 0.1) is 11.3 Å². The second kappa shape index (κ2) is 11.0. The third-order valence-corrected chi connectivity index (χ3v) is 9.21. The van der Waals surface area contributed by atoms with Gasteiger partial charge in [0.15, 0.2) is 5.58 Å². The second-order valence-electron chi connectivity index (χ2n) is 12.5. The van der Waals surface area contributed by atoms with Crippen LogP contribution >= 0.6 is 0 Å². The van der Waals surface area contributed by atoms with Gasteiger partial charge in [0, 0.05) is 16.5 Å². The predicted molar refractivity (Wildman–Crippen MR) is 188 cm³/mol. The molecule has 1 heterocycles. The molecule has 0 atom stereocenters. The molecule has 8 rings (SSSR count). The van der Waals surface area contributed by atoms with Crippen LogP contribution in [0.4, 0.5) is 5.69 Å². The second-order valence-corrected chi connectivity index (χ2v) is 12.5. The first-order valence-electron chi connectivity index (χ1n) is 15.7. The van der Waals surface area contributed by atoms with E-state index in [4.69, 9.17) is 19.9 Å². The van der Waals surface area contributed by atoms with E-state index in [9.17, 15) is 5.26 Å². The van der Waals surface area contributed by atoms with Gasteiger partial charge < -0.3 is 14.9 Å². The fourth-order valence-corrected chi connectivity index (χ4v) is 6.77. The maximum atomic E-state index is 10.3. The molecule has 5 heteroatoms. The Kier molecular flexibility index (Phi) is 6.66. The Balaban J connectivity index is 1.24. The van der Waals surface area contributed by atoms with Crippen LogP contribution in [0.15, 0.2) is 132 Å². The molecule has 1 aromatic heterocycles. The Morgan fingerprint density at radius 1 is 0.702 bits per heavy atom. The lowest BCUT2D eigenvalue weighted by molar-refractivity contribution is 0.308. The van der Waals surface area contributed by atoms with Crippen molar-refractivity contribution >= 4 is 16.8 Å². The molecule has 0 aliphatic heterocycles. The molecule has 0 radical (unpaired) electrons. The molecule has 7 aromatic rings. The molecule has 2 N–H and O–H groups in total. The van der Waals surface area contributed by atoms with Gasteiger partial charge >= 0.3 is 0 Å². The van der Waals surface area contributed by atoms with Crippen molar-refractivity contribution in [3.8, 4) is 56.7 Å². The van der Waals surface area contributed by atoms with E-state index < -0.39 is 0 Å². The van der Waals surface area contributed by atoms with Crippen molar-refractivity contribution in [2.24, 2.45) is 0 Å². The maximum Gasteiger partial charge on any atom is 0.227 e. The normalized spacial score (nSPS) is 12.8. The number of nitriles is 1. The quantitative estimate of drug-likeness (QED) is 0.190. The monoisotopic (exact) mass is 609 g/mol. The number of hydrogen-bond donors (Lipinski definition) is 1. The van der Waals surface area contributed by atoms with Gasteiger partial charge in [-0.2, -0.15) is 5.26 Å². The van der Waals surface area contributed by atoms with Crippen molar-refractivity contribution in [2.75, 3.05) is 5.73 Å². The summed E-state index contributed by atoms with van der Waals surface area (Å²) >= 11 is 0. The molecule has 1 aliphatic carbocycles. The van der Waals surface area contributed by atoms with Crippen LogP contribution in [0.2, 0.25) is 0 Å². The molecule has 47 heavy (non-hydrogen) atoms. The highest BCUT2D eigenvalue weighted by Gasteiger charge is 2.35. The van der Waals surface area contributed by atoms with Gasteiger partial charge in [-0.3, -0.25) is 0 Å². The number of hydrogen-bond acceptors (Lipinski definition) is 5. The first-order valence-corrected chi connectivity index (χ1v) is 15.7. The summed E-state index contributed by atoms with van der Waals surface area (Å²) < 4.78 is 12.3. The minimum absolute atomic E-state index is 0.109. The molecule has 0 bridgehead atoms.